The summed E-state index contributed by atoms with van der Waals surface area (Å²) in [6.07, 6.45) is -3.57. The molecule has 3 aromatic rings. The molecule has 2 heterocycles. The fraction of sp³-hybridized carbons (Fsp3) is 0.150. The third-order valence-corrected chi connectivity index (χ3v) is 4.14. The normalized spacial score (nSPS) is 12.1. The lowest BCUT2D eigenvalue weighted by molar-refractivity contribution is -0.141. The smallest absolute Gasteiger partial charge is 0.433 e. The Bertz CT molecular complexity index is 1130. The van der Waals surface area contributed by atoms with Crippen molar-refractivity contribution in [2.75, 3.05) is 5.32 Å². The third-order valence-electron chi connectivity index (χ3n) is 4.14. The zero-order valence-corrected chi connectivity index (χ0v) is 16.6. The molecule has 166 valence electrons. The van der Waals surface area contributed by atoms with E-state index in [0.717, 1.165) is 18.3 Å². The number of amides is 2. The van der Waals surface area contributed by atoms with Crippen molar-refractivity contribution in [1.29, 1.82) is 0 Å². The number of primary amides is 2. The first-order valence-corrected chi connectivity index (χ1v) is 9.09. The number of nitrogens with two attached hydrogens (primary N) is 2. The highest BCUT2D eigenvalue weighted by Gasteiger charge is 2.32. The molecule has 9 nitrogen and oxygen atoms in total. The van der Waals surface area contributed by atoms with E-state index >= 15 is 0 Å². The maximum Gasteiger partial charge on any atom is 0.433 e. The average Bonchev–Trinajstić information content (AvgIpc) is 2.73. The molecular formula is C20H17F3N6O3. The number of rotatable bonds is 7. The average molecular weight is 446 g/mol. The Balaban J connectivity index is 1.82. The lowest BCUT2D eigenvalue weighted by Gasteiger charge is -2.13. The van der Waals surface area contributed by atoms with E-state index in [1.807, 2.05) is 0 Å². The van der Waals surface area contributed by atoms with E-state index in [1.54, 1.807) is 12.1 Å². The van der Waals surface area contributed by atoms with Gasteiger partial charge in [0.1, 0.15) is 34.7 Å². The van der Waals surface area contributed by atoms with Crippen LogP contribution in [0.4, 0.5) is 19.0 Å². The van der Waals surface area contributed by atoms with Crippen LogP contribution < -0.4 is 21.5 Å². The number of alkyl halides is 3. The predicted octanol–water partition coefficient (Wildman–Crippen LogP) is 2.73. The van der Waals surface area contributed by atoms with Crippen LogP contribution in [0.25, 0.3) is 11.4 Å². The van der Waals surface area contributed by atoms with Gasteiger partial charge in [0.15, 0.2) is 5.82 Å². The second kappa shape index (κ2) is 8.88. The minimum absolute atomic E-state index is 0.0784. The van der Waals surface area contributed by atoms with Crippen molar-refractivity contribution in [3.8, 4) is 22.9 Å². The minimum Gasteiger partial charge on any atom is -0.456 e. The third kappa shape index (κ3) is 5.47. The number of pyridine rings is 1. The number of hydrogen-bond acceptors (Lipinski definition) is 7. The first-order valence-electron chi connectivity index (χ1n) is 9.09. The number of ether oxygens (including phenoxy) is 1. The van der Waals surface area contributed by atoms with E-state index in [-0.39, 0.29) is 23.1 Å². The largest absolute Gasteiger partial charge is 0.456 e. The van der Waals surface area contributed by atoms with Gasteiger partial charge in [-0.3, -0.25) is 9.59 Å². The van der Waals surface area contributed by atoms with Crippen molar-refractivity contribution in [3.05, 3.63) is 60.0 Å². The van der Waals surface area contributed by atoms with Gasteiger partial charge in [-0.15, -0.1) is 0 Å². The first-order chi connectivity index (χ1) is 15.0. The second-order valence-electron chi connectivity index (χ2n) is 6.60. The van der Waals surface area contributed by atoms with E-state index < -0.39 is 29.7 Å². The number of carbonyl (C=O) groups excluding carboxylic acids is 2. The molecule has 0 saturated carbocycles. The van der Waals surface area contributed by atoms with Crippen molar-refractivity contribution < 1.29 is 27.5 Å². The Hall–Kier alpha value is -4.22. The maximum atomic E-state index is 12.6. The molecule has 1 atom stereocenters. The number of benzene rings is 1. The van der Waals surface area contributed by atoms with Gasteiger partial charge in [0.2, 0.25) is 5.91 Å². The molecule has 32 heavy (non-hydrogen) atoms. The molecule has 3 rings (SSSR count). The summed E-state index contributed by atoms with van der Waals surface area (Å²) in [5.41, 5.74) is 9.93. The molecule has 5 N–H and O–H groups in total. The highest BCUT2D eigenvalue weighted by Crippen LogP contribution is 2.30. The molecule has 0 spiro atoms. The van der Waals surface area contributed by atoms with Gasteiger partial charge in [0.05, 0.1) is 6.20 Å². The lowest BCUT2D eigenvalue weighted by atomic mass is 10.2. The summed E-state index contributed by atoms with van der Waals surface area (Å²) in [5, 5.41) is 2.76. The molecule has 12 heteroatoms. The summed E-state index contributed by atoms with van der Waals surface area (Å²) in [7, 11) is 0. The van der Waals surface area contributed by atoms with Crippen LogP contribution in [-0.4, -0.2) is 32.8 Å². The maximum absolute atomic E-state index is 12.6. The Kier molecular flexibility index (Phi) is 6.23. The van der Waals surface area contributed by atoms with Crippen LogP contribution in [0.5, 0.6) is 11.5 Å². The molecule has 2 amide bonds. The van der Waals surface area contributed by atoms with Crippen LogP contribution in [0.2, 0.25) is 0 Å². The number of halogens is 3. The summed E-state index contributed by atoms with van der Waals surface area (Å²) in [5.74, 6) is -0.663. The van der Waals surface area contributed by atoms with Gasteiger partial charge in [-0.05, 0) is 43.3 Å². The van der Waals surface area contributed by atoms with Crippen LogP contribution >= 0.6 is 0 Å². The van der Waals surface area contributed by atoms with Crippen LogP contribution in [0.3, 0.4) is 0 Å². The highest BCUT2D eigenvalue weighted by molar-refractivity contribution is 5.92. The quantitative estimate of drug-likeness (QED) is 0.506. The minimum atomic E-state index is -4.54. The molecule has 0 aliphatic heterocycles. The van der Waals surface area contributed by atoms with Gasteiger partial charge in [-0.25, -0.2) is 15.0 Å². The van der Waals surface area contributed by atoms with Crippen molar-refractivity contribution in [2.24, 2.45) is 11.5 Å². The molecule has 0 unspecified atom stereocenters. The predicted molar refractivity (Wildman–Crippen MR) is 108 cm³/mol. The molecule has 0 aliphatic rings. The standard InChI is InChI=1S/C20H17F3N6O3/c1-10(17(24)30)27-16-8-14(18(25)31)28-19(29-16)11-2-4-12(5-3-11)32-13-6-7-15(26-9-13)20(21,22)23/h2-10H,1H3,(H2,24,30)(H2,25,31)(H,27,28,29)/t10-/m0/s1. The van der Waals surface area contributed by atoms with E-state index in [4.69, 9.17) is 16.2 Å². The second-order valence-corrected chi connectivity index (χ2v) is 6.60. The van der Waals surface area contributed by atoms with E-state index in [9.17, 15) is 22.8 Å². The zero-order valence-electron chi connectivity index (χ0n) is 16.6. The molecule has 2 aromatic heterocycles. The van der Waals surface area contributed by atoms with Crippen molar-refractivity contribution >= 4 is 17.6 Å². The van der Waals surface area contributed by atoms with E-state index in [2.05, 4.69) is 20.3 Å². The monoisotopic (exact) mass is 446 g/mol. The molecule has 0 bridgehead atoms. The fourth-order valence-electron chi connectivity index (χ4n) is 2.49. The topological polar surface area (TPSA) is 146 Å². The highest BCUT2D eigenvalue weighted by atomic mass is 19.4. The summed E-state index contributed by atoms with van der Waals surface area (Å²) >= 11 is 0. The SMILES string of the molecule is C[C@H](Nc1cc(C(N)=O)nc(-c2ccc(Oc3ccc(C(F)(F)F)nc3)cc2)n1)C(N)=O. The molecule has 0 radical (unpaired) electrons. The van der Waals surface area contributed by atoms with Gasteiger partial charge < -0.3 is 21.5 Å². The first kappa shape index (κ1) is 22.5. The van der Waals surface area contributed by atoms with Gasteiger partial charge >= 0.3 is 6.18 Å². The number of nitrogens with one attached hydrogen (secondary N) is 1. The Morgan fingerprint density at radius 1 is 1.03 bits per heavy atom. The number of carbonyl (C=O) groups is 2. The number of aromatic nitrogens is 3. The number of anilines is 1. The van der Waals surface area contributed by atoms with E-state index in [0.29, 0.717) is 11.3 Å². The Morgan fingerprint density at radius 3 is 2.22 bits per heavy atom. The van der Waals surface area contributed by atoms with Gasteiger partial charge in [-0.2, -0.15) is 13.2 Å². The summed E-state index contributed by atoms with van der Waals surface area (Å²) < 4.78 is 43.3. The molecule has 0 fully saturated rings. The molecule has 0 saturated heterocycles. The van der Waals surface area contributed by atoms with Gasteiger partial charge in [-0.1, -0.05) is 0 Å². The summed E-state index contributed by atoms with van der Waals surface area (Å²) in [4.78, 5) is 34.6. The number of nitrogens with zero attached hydrogens (tertiary/aromatic N) is 3. The summed E-state index contributed by atoms with van der Waals surface area (Å²) in [6.45, 7) is 1.52. The fourth-order valence-corrected chi connectivity index (χ4v) is 2.49. The van der Waals surface area contributed by atoms with Crippen molar-refractivity contribution in [3.63, 3.8) is 0 Å². The molecule has 1 aromatic carbocycles. The van der Waals surface area contributed by atoms with E-state index in [1.165, 1.54) is 25.1 Å². The van der Waals surface area contributed by atoms with Crippen LogP contribution in [-0.2, 0) is 11.0 Å². The van der Waals surface area contributed by atoms with Crippen LogP contribution in [0, 0.1) is 0 Å². The van der Waals surface area contributed by atoms with Gasteiger partial charge in [0.25, 0.3) is 5.91 Å². The molecular weight excluding hydrogens is 429 g/mol. The zero-order chi connectivity index (χ0) is 23.5. The van der Waals surface area contributed by atoms with Crippen LogP contribution in [0.1, 0.15) is 23.1 Å². The Morgan fingerprint density at radius 2 is 1.69 bits per heavy atom. The number of hydrogen-bond donors (Lipinski definition) is 3. The van der Waals surface area contributed by atoms with Crippen molar-refractivity contribution in [1.82, 2.24) is 15.0 Å². The Labute approximate surface area is 179 Å². The summed E-state index contributed by atoms with van der Waals surface area (Å²) in [6, 6.07) is 8.73. The van der Waals surface area contributed by atoms with Gasteiger partial charge in [0, 0.05) is 11.6 Å². The van der Waals surface area contributed by atoms with Crippen molar-refractivity contribution in [2.45, 2.75) is 19.1 Å². The lowest BCUT2D eigenvalue weighted by Crippen LogP contribution is -2.33. The van der Waals surface area contributed by atoms with Crippen LogP contribution in [0.15, 0.2) is 48.7 Å². The molecule has 0 aliphatic carbocycles.